The largest absolute Gasteiger partial charge is 0.380 e. The van der Waals surface area contributed by atoms with Gasteiger partial charge in [-0.25, -0.2) is 0 Å². The highest BCUT2D eigenvalue weighted by Gasteiger charge is 2.18. The molecule has 4 nitrogen and oxygen atoms in total. The number of amides is 1. The van der Waals surface area contributed by atoms with Crippen LogP contribution in [0.15, 0.2) is 30.3 Å². The number of nitrogens with zero attached hydrogens (tertiary/aromatic N) is 1. The third-order valence-electron chi connectivity index (χ3n) is 3.23. The summed E-state index contributed by atoms with van der Waals surface area (Å²) in [6.07, 6.45) is 0.445. The van der Waals surface area contributed by atoms with Crippen molar-refractivity contribution in [2.75, 3.05) is 33.9 Å². The molecule has 21 heavy (non-hydrogen) atoms. The fourth-order valence-electron chi connectivity index (χ4n) is 1.92. The second kappa shape index (κ2) is 8.80. The summed E-state index contributed by atoms with van der Waals surface area (Å²) in [5.74, 6) is 0.106. The molecule has 118 valence electrons. The fourth-order valence-corrected chi connectivity index (χ4v) is 1.92. The van der Waals surface area contributed by atoms with Crippen LogP contribution in [0.5, 0.6) is 0 Å². The van der Waals surface area contributed by atoms with Crippen LogP contribution < -0.4 is 5.32 Å². The van der Waals surface area contributed by atoms with E-state index in [1.54, 1.807) is 19.0 Å². The Kier molecular flexibility index (Phi) is 7.40. The number of carbonyl (C=O) groups excluding carboxylic acids is 1. The molecular formula is C17H28N2O2. The average molecular weight is 292 g/mol. The lowest BCUT2D eigenvalue weighted by atomic mass is 9.95. The van der Waals surface area contributed by atoms with E-state index in [1.165, 1.54) is 5.56 Å². The molecule has 1 rings (SSSR count). The Morgan fingerprint density at radius 2 is 1.90 bits per heavy atom. The van der Waals surface area contributed by atoms with Crippen molar-refractivity contribution in [2.24, 2.45) is 5.41 Å². The predicted octanol–water partition coefficient (Wildman–Crippen LogP) is 2.30. The van der Waals surface area contributed by atoms with Crippen molar-refractivity contribution in [3.8, 4) is 0 Å². The van der Waals surface area contributed by atoms with E-state index in [-0.39, 0.29) is 11.3 Å². The normalized spacial score (nSPS) is 11.4. The number of hydrogen-bond donors (Lipinski definition) is 1. The van der Waals surface area contributed by atoms with Crippen molar-refractivity contribution in [3.63, 3.8) is 0 Å². The minimum Gasteiger partial charge on any atom is -0.380 e. The Balaban J connectivity index is 2.17. The van der Waals surface area contributed by atoms with Crippen molar-refractivity contribution in [3.05, 3.63) is 35.9 Å². The molecule has 0 heterocycles. The summed E-state index contributed by atoms with van der Waals surface area (Å²) in [6.45, 7) is 7.21. The second-order valence-electron chi connectivity index (χ2n) is 6.34. The standard InChI is InChI=1S/C17H28N2O2/c1-17(2,14-21-11-10-16(20)19(3)4)13-18-12-15-8-6-5-7-9-15/h5-9,18H,10-14H2,1-4H3. The molecule has 1 aromatic carbocycles. The zero-order valence-electron chi connectivity index (χ0n) is 13.7. The maximum Gasteiger partial charge on any atom is 0.224 e. The molecular weight excluding hydrogens is 264 g/mol. The highest BCUT2D eigenvalue weighted by Crippen LogP contribution is 2.14. The molecule has 0 radical (unpaired) electrons. The minimum absolute atomic E-state index is 0.0515. The first-order chi connectivity index (χ1) is 9.91. The molecule has 0 fully saturated rings. The molecule has 1 N–H and O–H groups in total. The van der Waals surface area contributed by atoms with Gasteiger partial charge in [0.15, 0.2) is 0 Å². The Hall–Kier alpha value is -1.39. The third kappa shape index (κ3) is 7.83. The average Bonchev–Trinajstić information content (AvgIpc) is 2.44. The monoisotopic (exact) mass is 292 g/mol. The maximum absolute atomic E-state index is 11.4. The van der Waals surface area contributed by atoms with Gasteiger partial charge in [0.1, 0.15) is 0 Å². The molecule has 0 unspecified atom stereocenters. The van der Waals surface area contributed by atoms with Gasteiger partial charge in [0.25, 0.3) is 0 Å². The van der Waals surface area contributed by atoms with E-state index in [0.29, 0.717) is 19.6 Å². The first-order valence-corrected chi connectivity index (χ1v) is 7.43. The Bertz CT molecular complexity index is 416. The van der Waals surface area contributed by atoms with Crippen LogP contribution in [-0.2, 0) is 16.1 Å². The topological polar surface area (TPSA) is 41.6 Å². The van der Waals surface area contributed by atoms with E-state index in [4.69, 9.17) is 4.74 Å². The van der Waals surface area contributed by atoms with Crippen molar-refractivity contribution in [2.45, 2.75) is 26.8 Å². The number of hydrogen-bond acceptors (Lipinski definition) is 3. The van der Waals surface area contributed by atoms with Gasteiger partial charge < -0.3 is 15.0 Å². The Morgan fingerprint density at radius 1 is 1.24 bits per heavy atom. The number of ether oxygens (including phenoxy) is 1. The molecule has 0 spiro atoms. The summed E-state index contributed by atoms with van der Waals surface area (Å²) < 4.78 is 5.63. The smallest absolute Gasteiger partial charge is 0.224 e. The number of rotatable bonds is 9. The number of benzene rings is 1. The molecule has 0 aliphatic rings. The van der Waals surface area contributed by atoms with Crippen LogP contribution >= 0.6 is 0 Å². The van der Waals surface area contributed by atoms with Crippen LogP contribution in [-0.4, -0.2) is 44.7 Å². The minimum atomic E-state index is 0.0515. The quantitative estimate of drug-likeness (QED) is 0.710. The van der Waals surface area contributed by atoms with Crippen LogP contribution in [0.4, 0.5) is 0 Å². The van der Waals surface area contributed by atoms with Gasteiger partial charge in [-0.05, 0) is 5.56 Å². The number of nitrogens with one attached hydrogen (secondary N) is 1. The lowest BCUT2D eigenvalue weighted by molar-refractivity contribution is -0.130. The van der Waals surface area contributed by atoms with Gasteiger partial charge in [0.2, 0.25) is 5.91 Å². The van der Waals surface area contributed by atoms with Crippen LogP contribution in [0.25, 0.3) is 0 Å². The summed E-state index contributed by atoms with van der Waals surface area (Å²) in [4.78, 5) is 13.0. The zero-order chi connectivity index (χ0) is 15.7. The molecule has 0 saturated carbocycles. The molecule has 0 aliphatic heterocycles. The van der Waals surface area contributed by atoms with Gasteiger partial charge in [0.05, 0.1) is 19.6 Å². The summed E-state index contributed by atoms with van der Waals surface area (Å²) in [5, 5.41) is 3.45. The van der Waals surface area contributed by atoms with Gasteiger partial charge in [-0.15, -0.1) is 0 Å². The lowest BCUT2D eigenvalue weighted by Crippen LogP contribution is -2.33. The van der Waals surface area contributed by atoms with E-state index in [0.717, 1.165) is 13.1 Å². The van der Waals surface area contributed by atoms with E-state index < -0.39 is 0 Å². The molecule has 0 aliphatic carbocycles. The van der Waals surface area contributed by atoms with Crippen LogP contribution in [0.3, 0.4) is 0 Å². The molecule has 0 saturated heterocycles. The molecule has 0 bridgehead atoms. The molecule has 4 heteroatoms. The first-order valence-electron chi connectivity index (χ1n) is 7.43. The number of carbonyl (C=O) groups is 1. The highest BCUT2D eigenvalue weighted by molar-refractivity contribution is 5.75. The van der Waals surface area contributed by atoms with Gasteiger partial charge in [-0.1, -0.05) is 44.2 Å². The van der Waals surface area contributed by atoms with Crippen molar-refractivity contribution < 1.29 is 9.53 Å². The van der Waals surface area contributed by atoms with Gasteiger partial charge in [-0.3, -0.25) is 4.79 Å². The summed E-state index contributed by atoms with van der Waals surface area (Å²) in [5.41, 5.74) is 1.33. The van der Waals surface area contributed by atoms with E-state index in [9.17, 15) is 4.79 Å². The van der Waals surface area contributed by atoms with Crippen molar-refractivity contribution in [1.82, 2.24) is 10.2 Å². The van der Waals surface area contributed by atoms with E-state index in [1.807, 2.05) is 18.2 Å². The van der Waals surface area contributed by atoms with Gasteiger partial charge in [0, 0.05) is 32.6 Å². The Morgan fingerprint density at radius 3 is 2.52 bits per heavy atom. The van der Waals surface area contributed by atoms with Gasteiger partial charge >= 0.3 is 0 Å². The fraction of sp³-hybridized carbons (Fsp3) is 0.588. The summed E-state index contributed by atoms with van der Waals surface area (Å²) in [7, 11) is 3.53. The van der Waals surface area contributed by atoms with Crippen molar-refractivity contribution in [1.29, 1.82) is 0 Å². The maximum atomic E-state index is 11.4. The van der Waals surface area contributed by atoms with Crippen LogP contribution in [0.2, 0.25) is 0 Å². The predicted molar refractivity (Wildman–Crippen MR) is 86.1 cm³/mol. The molecule has 0 atom stereocenters. The third-order valence-corrected chi connectivity index (χ3v) is 3.23. The highest BCUT2D eigenvalue weighted by atomic mass is 16.5. The van der Waals surface area contributed by atoms with Crippen molar-refractivity contribution >= 4 is 5.91 Å². The Labute approximate surface area is 128 Å². The van der Waals surface area contributed by atoms with E-state index in [2.05, 4.69) is 31.3 Å². The van der Waals surface area contributed by atoms with Crippen LogP contribution in [0.1, 0.15) is 25.8 Å². The van der Waals surface area contributed by atoms with Gasteiger partial charge in [-0.2, -0.15) is 0 Å². The summed E-state index contributed by atoms with van der Waals surface area (Å²) >= 11 is 0. The molecule has 1 amide bonds. The summed E-state index contributed by atoms with van der Waals surface area (Å²) in [6, 6.07) is 10.4. The van der Waals surface area contributed by atoms with E-state index >= 15 is 0 Å². The zero-order valence-corrected chi connectivity index (χ0v) is 13.7. The molecule has 1 aromatic rings. The molecule has 0 aromatic heterocycles. The van der Waals surface area contributed by atoms with Crippen LogP contribution in [0, 0.1) is 5.41 Å². The second-order valence-corrected chi connectivity index (χ2v) is 6.34. The SMILES string of the molecule is CN(C)C(=O)CCOCC(C)(C)CNCc1ccccc1. The first kappa shape index (κ1) is 17.7. The lowest BCUT2D eigenvalue weighted by Gasteiger charge is -2.25.